The molecule has 2 fully saturated rings. The van der Waals surface area contributed by atoms with Crippen LogP contribution >= 0.6 is 0 Å². The van der Waals surface area contributed by atoms with E-state index in [1.54, 1.807) is 12.1 Å². The molecule has 0 heterocycles. The molecule has 4 nitrogen and oxygen atoms in total. The van der Waals surface area contributed by atoms with Crippen molar-refractivity contribution in [2.75, 3.05) is 6.54 Å². The summed E-state index contributed by atoms with van der Waals surface area (Å²) in [4.78, 5) is 10.9. The molecule has 0 saturated heterocycles. The molecule has 2 aliphatic carbocycles. The van der Waals surface area contributed by atoms with Gasteiger partial charge in [-0.2, -0.15) is 0 Å². The van der Waals surface area contributed by atoms with E-state index in [1.165, 1.54) is 37.7 Å². The van der Waals surface area contributed by atoms with Crippen LogP contribution in [0.3, 0.4) is 0 Å². The van der Waals surface area contributed by atoms with Gasteiger partial charge in [-0.1, -0.05) is 42.5 Å². The summed E-state index contributed by atoms with van der Waals surface area (Å²) in [6.07, 6.45) is 6.30. The van der Waals surface area contributed by atoms with Crippen LogP contribution in [0.5, 0.6) is 0 Å². The average Bonchev–Trinajstić information content (AvgIpc) is 3.52. The van der Waals surface area contributed by atoms with E-state index in [0.717, 1.165) is 24.6 Å². The second-order valence-electron chi connectivity index (χ2n) is 8.37. The molecule has 2 atom stereocenters. The molecule has 0 spiro atoms. The minimum atomic E-state index is -0.868. The Bertz CT molecular complexity index is 767. The van der Waals surface area contributed by atoms with Crippen LogP contribution in [0.1, 0.15) is 59.5 Å². The van der Waals surface area contributed by atoms with E-state index in [9.17, 15) is 4.79 Å². The minimum absolute atomic E-state index is 0.349. The fourth-order valence-corrected chi connectivity index (χ4v) is 4.41. The first-order valence-electron chi connectivity index (χ1n) is 10.5. The van der Waals surface area contributed by atoms with Crippen LogP contribution in [0.25, 0.3) is 0 Å². The number of carboxylic acid groups (broad SMARTS) is 1. The third kappa shape index (κ3) is 5.00. The average molecular weight is 379 g/mol. The first-order chi connectivity index (χ1) is 13.7. The fourth-order valence-electron chi connectivity index (χ4n) is 4.41. The summed E-state index contributed by atoms with van der Waals surface area (Å²) in [6, 6.07) is 19.3. The van der Waals surface area contributed by atoms with E-state index >= 15 is 0 Å². The molecule has 4 rings (SSSR count). The van der Waals surface area contributed by atoms with Crippen molar-refractivity contribution in [3.8, 4) is 0 Å². The standard InChI is InChI=1S/C24H30N2O2/c27-24(28)20-10-6-17(7-11-20)15-25-21-12-8-18(9-13-21)16-26-23-14-22(23)19-4-2-1-3-5-19/h1-7,10-11,18,21-23,25-26H,8-9,12-16H2,(H,27,28)/t18-,21-,22-,23+/m0/s1. The van der Waals surface area contributed by atoms with Gasteiger partial charge in [0.2, 0.25) is 0 Å². The van der Waals surface area contributed by atoms with Gasteiger partial charge in [0.15, 0.2) is 0 Å². The Morgan fingerprint density at radius 1 is 0.929 bits per heavy atom. The molecule has 0 aromatic heterocycles. The van der Waals surface area contributed by atoms with Gasteiger partial charge in [0.25, 0.3) is 0 Å². The fraction of sp³-hybridized carbons (Fsp3) is 0.458. The molecular formula is C24H30N2O2. The zero-order chi connectivity index (χ0) is 19.3. The summed E-state index contributed by atoms with van der Waals surface area (Å²) >= 11 is 0. The molecule has 2 aromatic rings. The van der Waals surface area contributed by atoms with E-state index in [4.69, 9.17) is 5.11 Å². The predicted octanol–water partition coefficient (Wildman–Crippen LogP) is 4.18. The van der Waals surface area contributed by atoms with Crippen molar-refractivity contribution in [1.82, 2.24) is 10.6 Å². The van der Waals surface area contributed by atoms with Crippen LogP contribution in [0.15, 0.2) is 54.6 Å². The second kappa shape index (κ2) is 8.89. The van der Waals surface area contributed by atoms with E-state index in [2.05, 4.69) is 41.0 Å². The molecule has 2 saturated carbocycles. The molecule has 28 heavy (non-hydrogen) atoms. The lowest BCUT2D eigenvalue weighted by Crippen LogP contribution is -2.36. The highest BCUT2D eigenvalue weighted by Gasteiger charge is 2.38. The number of hydrogen-bond acceptors (Lipinski definition) is 3. The summed E-state index contributed by atoms with van der Waals surface area (Å²) in [7, 11) is 0. The van der Waals surface area contributed by atoms with Gasteiger partial charge >= 0.3 is 5.97 Å². The van der Waals surface area contributed by atoms with Gasteiger partial charge in [-0.3, -0.25) is 0 Å². The quantitative estimate of drug-likeness (QED) is 0.645. The Labute approximate surface area is 167 Å². The topological polar surface area (TPSA) is 61.4 Å². The molecule has 2 aliphatic rings. The highest BCUT2D eigenvalue weighted by atomic mass is 16.4. The lowest BCUT2D eigenvalue weighted by Gasteiger charge is -2.29. The third-order valence-corrected chi connectivity index (χ3v) is 6.33. The van der Waals surface area contributed by atoms with Gasteiger partial charge in [0, 0.05) is 24.5 Å². The van der Waals surface area contributed by atoms with Gasteiger partial charge in [-0.05, 0) is 67.8 Å². The summed E-state index contributed by atoms with van der Waals surface area (Å²) in [6.45, 7) is 1.96. The van der Waals surface area contributed by atoms with Gasteiger partial charge in [0.05, 0.1) is 5.56 Å². The molecule has 0 bridgehead atoms. The number of hydrogen-bond donors (Lipinski definition) is 3. The lowest BCUT2D eigenvalue weighted by molar-refractivity contribution is 0.0697. The SMILES string of the molecule is O=C(O)c1ccc(CN[C@H]2CC[C@H](CN[C@@H]3C[C@H]3c3ccccc3)CC2)cc1. The van der Waals surface area contributed by atoms with Crippen LogP contribution in [0.4, 0.5) is 0 Å². The van der Waals surface area contributed by atoms with Crippen LogP contribution in [0, 0.1) is 5.92 Å². The maximum atomic E-state index is 10.9. The number of aromatic carboxylic acids is 1. The van der Waals surface area contributed by atoms with Gasteiger partial charge in [0.1, 0.15) is 0 Å². The lowest BCUT2D eigenvalue weighted by atomic mass is 9.86. The molecule has 148 valence electrons. The zero-order valence-electron chi connectivity index (χ0n) is 16.3. The van der Waals surface area contributed by atoms with Crippen molar-refractivity contribution in [2.45, 2.75) is 56.7 Å². The van der Waals surface area contributed by atoms with Crippen LogP contribution < -0.4 is 10.6 Å². The van der Waals surface area contributed by atoms with Crippen LogP contribution in [-0.4, -0.2) is 29.7 Å². The zero-order valence-corrected chi connectivity index (χ0v) is 16.3. The van der Waals surface area contributed by atoms with Crippen LogP contribution in [0.2, 0.25) is 0 Å². The minimum Gasteiger partial charge on any atom is -0.478 e. The Morgan fingerprint density at radius 2 is 1.64 bits per heavy atom. The van der Waals surface area contributed by atoms with E-state index < -0.39 is 5.97 Å². The van der Waals surface area contributed by atoms with Crippen molar-refractivity contribution >= 4 is 5.97 Å². The van der Waals surface area contributed by atoms with Crippen molar-refractivity contribution in [3.63, 3.8) is 0 Å². The van der Waals surface area contributed by atoms with Gasteiger partial charge in [-0.25, -0.2) is 4.79 Å². The van der Waals surface area contributed by atoms with Crippen LogP contribution in [-0.2, 0) is 6.54 Å². The summed E-state index contributed by atoms with van der Waals surface area (Å²) in [5.74, 6) is 0.643. The number of benzene rings is 2. The monoisotopic (exact) mass is 378 g/mol. The third-order valence-electron chi connectivity index (χ3n) is 6.33. The highest BCUT2D eigenvalue weighted by Crippen LogP contribution is 2.40. The molecule has 0 unspecified atom stereocenters. The molecule has 0 amide bonds. The molecule has 4 heteroatoms. The highest BCUT2D eigenvalue weighted by molar-refractivity contribution is 5.87. The van der Waals surface area contributed by atoms with Crippen molar-refractivity contribution in [2.24, 2.45) is 5.92 Å². The Hall–Kier alpha value is -2.17. The Kier molecular flexibility index (Phi) is 6.08. The number of carboxylic acids is 1. The Balaban J connectivity index is 1.13. The summed E-state index contributed by atoms with van der Waals surface area (Å²) in [5.41, 5.74) is 2.97. The van der Waals surface area contributed by atoms with Gasteiger partial charge < -0.3 is 15.7 Å². The van der Waals surface area contributed by atoms with Gasteiger partial charge in [-0.15, -0.1) is 0 Å². The maximum absolute atomic E-state index is 10.9. The van der Waals surface area contributed by atoms with Crippen molar-refractivity contribution in [1.29, 1.82) is 0 Å². The van der Waals surface area contributed by atoms with E-state index in [1.807, 2.05) is 12.1 Å². The molecule has 0 aliphatic heterocycles. The number of rotatable bonds is 8. The van der Waals surface area contributed by atoms with E-state index in [0.29, 0.717) is 23.6 Å². The normalized spacial score (nSPS) is 26.7. The number of nitrogens with one attached hydrogen (secondary N) is 2. The first-order valence-corrected chi connectivity index (χ1v) is 10.5. The molecular weight excluding hydrogens is 348 g/mol. The summed E-state index contributed by atoms with van der Waals surface area (Å²) in [5, 5.41) is 16.4. The predicted molar refractivity (Wildman–Crippen MR) is 112 cm³/mol. The van der Waals surface area contributed by atoms with Crippen molar-refractivity contribution < 1.29 is 9.90 Å². The smallest absolute Gasteiger partial charge is 0.335 e. The number of carbonyl (C=O) groups is 1. The molecule has 3 N–H and O–H groups in total. The molecule has 2 aromatic carbocycles. The Morgan fingerprint density at radius 3 is 2.32 bits per heavy atom. The van der Waals surface area contributed by atoms with E-state index in [-0.39, 0.29) is 0 Å². The first kappa shape index (κ1) is 19.2. The molecule has 0 radical (unpaired) electrons. The second-order valence-corrected chi connectivity index (χ2v) is 8.37. The summed E-state index contributed by atoms with van der Waals surface area (Å²) < 4.78 is 0. The largest absolute Gasteiger partial charge is 0.478 e. The maximum Gasteiger partial charge on any atom is 0.335 e. The van der Waals surface area contributed by atoms with Crippen molar-refractivity contribution in [3.05, 3.63) is 71.3 Å².